The highest BCUT2D eigenvalue weighted by molar-refractivity contribution is 5.81. The molecule has 0 aliphatic heterocycles. The molecule has 1 heterocycles. The van der Waals surface area contributed by atoms with Crippen LogP contribution in [-0.2, 0) is 23.7 Å². The fraction of sp³-hybridized carbons (Fsp3) is 0.375. The van der Waals surface area contributed by atoms with E-state index in [4.69, 9.17) is 0 Å². The molecule has 0 spiro atoms. The molecule has 1 unspecified atom stereocenters. The standard InChI is InChI=1S/C16H20N2O2/c1-3-16(15(19)20,13-7-5-4-6-8-13)10-9-14-17-11-12-18(14)2/h4-8,11-12H,3,9-10H2,1-2H3,(H,19,20). The zero-order valence-corrected chi connectivity index (χ0v) is 11.9. The predicted molar refractivity (Wildman–Crippen MR) is 77.6 cm³/mol. The number of hydrogen-bond acceptors (Lipinski definition) is 2. The summed E-state index contributed by atoms with van der Waals surface area (Å²) < 4.78 is 1.94. The summed E-state index contributed by atoms with van der Waals surface area (Å²) in [5.74, 6) is 0.153. The van der Waals surface area contributed by atoms with E-state index in [9.17, 15) is 9.90 Å². The van der Waals surface area contributed by atoms with Gasteiger partial charge in [0.25, 0.3) is 0 Å². The third kappa shape index (κ3) is 2.59. The van der Waals surface area contributed by atoms with Gasteiger partial charge in [-0.1, -0.05) is 37.3 Å². The zero-order valence-electron chi connectivity index (χ0n) is 11.9. The highest BCUT2D eigenvalue weighted by Gasteiger charge is 2.38. The monoisotopic (exact) mass is 272 g/mol. The Labute approximate surface area is 119 Å². The maximum Gasteiger partial charge on any atom is 0.314 e. The SMILES string of the molecule is CCC(CCc1nccn1C)(C(=O)O)c1ccccc1. The molecule has 1 aromatic carbocycles. The molecular weight excluding hydrogens is 252 g/mol. The van der Waals surface area contributed by atoms with Crippen molar-refractivity contribution in [1.82, 2.24) is 9.55 Å². The van der Waals surface area contributed by atoms with Gasteiger partial charge in [-0.2, -0.15) is 0 Å². The van der Waals surface area contributed by atoms with Crippen molar-refractivity contribution in [3.05, 3.63) is 54.1 Å². The van der Waals surface area contributed by atoms with Crippen molar-refractivity contribution in [2.24, 2.45) is 7.05 Å². The van der Waals surface area contributed by atoms with E-state index in [2.05, 4.69) is 4.98 Å². The normalized spacial score (nSPS) is 13.9. The summed E-state index contributed by atoms with van der Waals surface area (Å²) in [6.45, 7) is 1.93. The number of nitrogens with zero attached hydrogens (tertiary/aromatic N) is 2. The molecule has 0 saturated heterocycles. The molecule has 1 atom stereocenters. The first-order valence-corrected chi connectivity index (χ1v) is 6.85. The van der Waals surface area contributed by atoms with Gasteiger partial charge >= 0.3 is 5.97 Å². The highest BCUT2D eigenvalue weighted by Crippen LogP contribution is 2.33. The number of aliphatic carboxylic acids is 1. The average molecular weight is 272 g/mol. The molecule has 4 nitrogen and oxygen atoms in total. The van der Waals surface area contributed by atoms with Crippen LogP contribution < -0.4 is 0 Å². The number of rotatable bonds is 6. The minimum absolute atomic E-state index is 0.549. The fourth-order valence-corrected chi connectivity index (χ4v) is 2.63. The third-order valence-corrected chi connectivity index (χ3v) is 4.04. The molecular formula is C16H20N2O2. The fourth-order valence-electron chi connectivity index (χ4n) is 2.63. The number of carbonyl (C=O) groups is 1. The van der Waals surface area contributed by atoms with Crippen LogP contribution in [-0.4, -0.2) is 20.6 Å². The van der Waals surface area contributed by atoms with E-state index in [1.54, 1.807) is 6.20 Å². The molecule has 0 saturated carbocycles. The van der Waals surface area contributed by atoms with Gasteiger partial charge < -0.3 is 9.67 Å². The van der Waals surface area contributed by atoms with E-state index >= 15 is 0 Å². The molecule has 20 heavy (non-hydrogen) atoms. The van der Waals surface area contributed by atoms with Crippen LogP contribution in [0.1, 0.15) is 31.2 Å². The Hall–Kier alpha value is -2.10. The summed E-state index contributed by atoms with van der Waals surface area (Å²) in [7, 11) is 1.93. The van der Waals surface area contributed by atoms with Crippen molar-refractivity contribution in [1.29, 1.82) is 0 Å². The zero-order chi connectivity index (χ0) is 14.6. The lowest BCUT2D eigenvalue weighted by Gasteiger charge is -2.28. The first-order valence-electron chi connectivity index (χ1n) is 6.85. The van der Waals surface area contributed by atoms with Crippen molar-refractivity contribution in [3.63, 3.8) is 0 Å². The summed E-state index contributed by atoms with van der Waals surface area (Å²) in [4.78, 5) is 16.1. The van der Waals surface area contributed by atoms with Gasteiger partial charge in [0, 0.05) is 25.9 Å². The van der Waals surface area contributed by atoms with Crippen LogP contribution in [0.25, 0.3) is 0 Å². The first kappa shape index (κ1) is 14.3. The summed E-state index contributed by atoms with van der Waals surface area (Å²) in [5.41, 5.74) is 0.0249. The lowest BCUT2D eigenvalue weighted by Crippen LogP contribution is -2.36. The van der Waals surface area contributed by atoms with E-state index in [0.29, 0.717) is 19.3 Å². The van der Waals surface area contributed by atoms with Crippen molar-refractivity contribution < 1.29 is 9.90 Å². The molecule has 0 aliphatic carbocycles. The van der Waals surface area contributed by atoms with E-state index in [0.717, 1.165) is 11.4 Å². The highest BCUT2D eigenvalue weighted by atomic mass is 16.4. The summed E-state index contributed by atoms with van der Waals surface area (Å²) >= 11 is 0. The Kier molecular flexibility index (Phi) is 4.23. The van der Waals surface area contributed by atoms with Crippen LogP contribution in [0.5, 0.6) is 0 Å². The van der Waals surface area contributed by atoms with Crippen LogP contribution in [0.3, 0.4) is 0 Å². The summed E-state index contributed by atoms with van der Waals surface area (Å²) in [6.07, 6.45) is 5.39. The number of aromatic nitrogens is 2. The van der Waals surface area contributed by atoms with E-state index < -0.39 is 11.4 Å². The Balaban J connectivity index is 2.29. The van der Waals surface area contributed by atoms with Gasteiger partial charge in [-0.15, -0.1) is 0 Å². The minimum atomic E-state index is -0.840. The number of carboxylic acids is 1. The van der Waals surface area contributed by atoms with Crippen LogP contribution in [0.15, 0.2) is 42.7 Å². The quantitative estimate of drug-likeness (QED) is 0.879. The van der Waals surface area contributed by atoms with Crippen molar-refractivity contribution in [2.75, 3.05) is 0 Å². The molecule has 0 fully saturated rings. The molecule has 106 valence electrons. The van der Waals surface area contributed by atoms with Gasteiger partial charge in [0.1, 0.15) is 5.82 Å². The van der Waals surface area contributed by atoms with Crippen molar-refractivity contribution in [3.8, 4) is 0 Å². The predicted octanol–water partition coefficient (Wildman–Crippen LogP) is 2.79. The average Bonchev–Trinajstić information content (AvgIpc) is 2.86. The van der Waals surface area contributed by atoms with Gasteiger partial charge in [0.2, 0.25) is 0 Å². The maximum absolute atomic E-state index is 11.9. The number of imidazole rings is 1. The number of aryl methyl sites for hydroxylation is 2. The Morgan fingerprint density at radius 3 is 2.55 bits per heavy atom. The second-order valence-corrected chi connectivity index (χ2v) is 5.06. The number of benzene rings is 1. The summed E-state index contributed by atoms with van der Waals surface area (Å²) in [5, 5.41) is 9.75. The van der Waals surface area contributed by atoms with E-state index in [-0.39, 0.29) is 0 Å². The first-order chi connectivity index (χ1) is 9.60. The Morgan fingerprint density at radius 1 is 1.35 bits per heavy atom. The third-order valence-electron chi connectivity index (χ3n) is 4.04. The lowest BCUT2D eigenvalue weighted by molar-refractivity contribution is -0.144. The molecule has 1 aromatic heterocycles. The molecule has 2 rings (SSSR count). The Bertz CT molecular complexity index is 577. The minimum Gasteiger partial charge on any atom is -0.481 e. The molecule has 2 aromatic rings. The number of carboxylic acid groups (broad SMARTS) is 1. The molecule has 0 bridgehead atoms. The topological polar surface area (TPSA) is 55.1 Å². The van der Waals surface area contributed by atoms with Crippen molar-refractivity contribution >= 4 is 5.97 Å². The second-order valence-electron chi connectivity index (χ2n) is 5.06. The van der Waals surface area contributed by atoms with Crippen LogP contribution in [0, 0.1) is 0 Å². The maximum atomic E-state index is 11.9. The molecule has 1 N–H and O–H groups in total. The van der Waals surface area contributed by atoms with E-state index in [1.807, 2.05) is 55.1 Å². The smallest absolute Gasteiger partial charge is 0.314 e. The summed E-state index contributed by atoms with van der Waals surface area (Å²) in [6, 6.07) is 9.49. The Morgan fingerprint density at radius 2 is 2.05 bits per heavy atom. The molecule has 0 amide bonds. The van der Waals surface area contributed by atoms with Crippen molar-refractivity contribution in [2.45, 2.75) is 31.6 Å². The van der Waals surface area contributed by atoms with Gasteiger partial charge in [-0.3, -0.25) is 4.79 Å². The van der Waals surface area contributed by atoms with Gasteiger partial charge in [-0.05, 0) is 18.4 Å². The van der Waals surface area contributed by atoms with Gasteiger partial charge in [-0.25, -0.2) is 4.98 Å². The van der Waals surface area contributed by atoms with Crippen LogP contribution in [0.4, 0.5) is 0 Å². The van der Waals surface area contributed by atoms with Gasteiger partial charge in [0.15, 0.2) is 0 Å². The lowest BCUT2D eigenvalue weighted by atomic mass is 9.74. The van der Waals surface area contributed by atoms with Crippen LogP contribution >= 0.6 is 0 Å². The van der Waals surface area contributed by atoms with E-state index in [1.165, 1.54) is 0 Å². The molecule has 4 heteroatoms. The molecule has 0 radical (unpaired) electrons. The molecule has 0 aliphatic rings. The largest absolute Gasteiger partial charge is 0.481 e. The van der Waals surface area contributed by atoms with Gasteiger partial charge in [0.05, 0.1) is 5.41 Å². The number of hydrogen-bond donors (Lipinski definition) is 1. The van der Waals surface area contributed by atoms with Crippen LogP contribution in [0.2, 0.25) is 0 Å². The second kappa shape index (κ2) is 5.90.